The summed E-state index contributed by atoms with van der Waals surface area (Å²) in [5.74, 6) is 1.64. The van der Waals surface area contributed by atoms with Gasteiger partial charge in [-0.15, -0.1) is 0 Å². The van der Waals surface area contributed by atoms with Crippen molar-refractivity contribution in [2.75, 3.05) is 25.6 Å². The van der Waals surface area contributed by atoms with Crippen LogP contribution in [0, 0.1) is 0 Å². The number of nitrogens with one attached hydrogen (secondary N) is 1. The van der Waals surface area contributed by atoms with E-state index in [0.29, 0.717) is 18.2 Å². The minimum Gasteiger partial charge on any atom is -0.497 e. The van der Waals surface area contributed by atoms with Gasteiger partial charge in [-0.1, -0.05) is 11.6 Å². The van der Waals surface area contributed by atoms with Gasteiger partial charge in [0.2, 0.25) is 0 Å². The van der Waals surface area contributed by atoms with Gasteiger partial charge in [0.1, 0.15) is 18.1 Å². The summed E-state index contributed by atoms with van der Waals surface area (Å²) in [5, 5.41) is 3.97. The second-order valence-corrected chi connectivity index (χ2v) is 5.37. The number of ether oxygens (including phenoxy) is 2. The van der Waals surface area contributed by atoms with E-state index in [-0.39, 0.29) is 0 Å². The molecule has 2 rings (SSSR count). The summed E-state index contributed by atoms with van der Waals surface area (Å²) in [7, 11) is 1.64. The Balaban J connectivity index is 1.79. The van der Waals surface area contributed by atoms with Gasteiger partial charge in [0.15, 0.2) is 0 Å². The van der Waals surface area contributed by atoms with Crippen molar-refractivity contribution in [2.45, 2.75) is 0 Å². The Bertz CT molecular complexity index is 560. The molecule has 0 spiro atoms. The van der Waals surface area contributed by atoms with Crippen molar-refractivity contribution < 1.29 is 9.47 Å². The number of benzene rings is 2. The molecule has 0 aliphatic carbocycles. The molecule has 2 aromatic rings. The Morgan fingerprint density at radius 3 is 2.50 bits per heavy atom. The molecular weight excluding hydrogens is 342 g/mol. The molecule has 0 heterocycles. The number of hydrogen-bond donors (Lipinski definition) is 1. The lowest BCUT2D eigenvalue weighted by atomic mass is 10.3. The Labute approximate surface area is 132 Å². The summed E-state index contributed by atoms with van der Waals surface area (Å²) in [6, 6.07) is 13.1. The molecule has 0 aromatic heterocycles. The van der Waals surface area contributed by atoms with Gasteiger partial charge in [0, 0.05) is 16.0 Å². The first kappa shape index (κ1) is 15.0. The molecule has 20 heavy (non-hydrogen) atoms. The molecule has 0 aliphatic heterocycles. The van der Waals surface area contributed by atoms with Crippen molar-refractivity contribution >= 4 is 33.2 Å². The number of anilines is 1. The molecule has 5 heteroatoms. The van der Waals surface area contributed by atoms with Crippen LogP contribution in [0.5, 0.6) is 11.5 Å². The van der Waals surface area contributed by atoms with Crippen LogP contribution in [-0.2, 0) is 0 Å². The van der Waals surface area contributed by atoms with Crippen LogP contribution in [0.1, 0.15) is 0 Å². The fourth-order valence-corrected chi connectivity index (χ4v) is 2.22. The number of methoxy groups -OCH3 is 1. The lowest BCUT2D eigenvalue weighted by Crippen LogP contribution is -2.11. The fraction of sp³-hybridized carbons (Fsp3) is 0.200. The van der Waals surface area contributed by atoms with Crippen molar-refractivity contribution in [3.8, 4) is 11.5 Å². The molecule has 0 bridgehead atoms. The third-order valence-electron chi connectivity index (χ3n) is 2.67. The first-order valence-electron chi connectivity index (χ1n) is 6.15. The summed E-state index contributed by atoms with van der Waals surface area (Å²) in [6.07, 6.45) is 0. The van der Waals surface area contributed by atoms with Crippen LogP contribution >= 0.6 is 27.5 Å². The summed E-state index contributed by atoms with van der Waals surface area (Å²) in [4.78, 5) is 0. The zero-order valence-corrected chi connectivity index (χ0v) is 13.4. The molecule has 106 valence electrons. The molecule has 1 N–H and O–H groups in total. The van der Waals surface area contributed by atoms with Crippen LogP contribution in [0.4, 0.5) is 5.69 Å². The maximum atomic E-state index is 5.95. The van der Waals surface area contributed by atoms with E-state index in [4.69, 9.17) is 21.1 Å². The normalized spacial score (nSPS) is 10.2. The number of hydrogen-bond acceptors (Lipinski definition) is 3. The van der Waals surface area contributed by atoms with Crippen molar-refractivity contribution in [3.05, 3.63) is 52.0 Å². The van der Waals surface area contributed by atoms with Crippen LogP contribution in [0.2, 0.25) is 5.02 Å². The molecule has 3 nitrogen and oxygen atoms in total. The van der Waals surface area contributed by atoms with Crippen molar-refractivity contribution in [1.29, 1.82) is 0 Å². The highest BCUT2D eigenvalue weighted by Crippen LogP contribution is 2.25. The van der Waals surface area contributed by atoms with Gasteiger partial charge in [-0.05, 0) is 58.4 Å². The highest BCUT2D eigenvalue weighted by Gasteiger charge is 2.00. The van der Waals surface area contributed by atoms with E-state index >= 15 is 0 Å². The highest BCUT2D eigenvalue weighted by atomic mass is 79.9. The monoisotopic (exact) mass is 355 g/mol. The maximum Gasteiger partial charge on any atom is 0.119 e. The van der Waals surface area contributed by atoms with E-state index in [1.807, 2.05) is 42.5 Å². The minimum atomic E-state index is 0.561. The van der Waals surface area contributed by atoms with Crippen LogP contribution in [0.15, 0.2) is 46.9 Å². The first-order chi connectivity index (χ1) is 9.69. The predicted octanol–water partition coefficient (Wildman–Crippen LogP) is 4.60. The van der Waals surface area contributed by atoms with E-state index in [1.165, 1.54) is 0 Å². The smallest absolute Gasteiger partial charge is 0.119 e. The molecule has 2 aromatic carbocycles. The van der Waals surface area contributed by atoms with Gasteiger partial charge in [-0.3, -0.25) is 0 Å². The molecule has 0 saturated carbocycles. The molecule has 0 saturated heterocycles. The Morgan fingerprint density at radius 1 is 1.10 bits per heavy atom. The van der Waals surface area contributed by atoms with E-state index in [1.54, 1.807) is 7.11 Å². The van der Waals surface area contributed by atoms with Gasteiger partial charge in [0.05, 0.1) is 12.8 Å². The van der Waals surface area contributed by atoms with E-state index < -0.39 is 0 Å². The molecule has 0 radical (unpaired) electrons. The molecular formula is C15H15BrClNO2. The zero-order valence-electron chi connectivity index (χ0n) is 11.0. The lowest BCUT2D eigenvalue weighted by Gasteiger charge is -2.10. The average molecular weight is 357 g/mol. The van der Waals surface area contributed by atoms with Crippen LogP contribution in [0.3, 0.4) is 0 Å². The van der Waals surface area contributed by atoms with Gasteiger partial charge in [0.25, 0.3) is 0 Å². The quantitative estimate of drug-likeness (QED) is 0.767. The third kappa shape index (κ3) is 4.32. The lowest BCUT2D eigenvalue weighted by molar-refractivity contribution is 0.331. The molecule has 0 unspecified atom stereocenters. The van der Waals surface area contributed by atoms with Gasteiger partial charge >= 0.3 is 0 Å². The van der Waals surface area contributed by atoms with Crippen LogP contribution < -0.4 is 14.8 Å². The summed E-state index contributed by atoms with van der Waals surface area (Å²) < 4.78 is 11.7. The summed E-state index contributed by atoms with van der Waals surface area (Å²) in [6.45, 7) is 1.25. The van der Waals surface area contributed by atoms with Crippen LogP contribution in [0.25, 0.3) is 0 Å². The first-order valence-corrected chi connectivity index (χ1v) is 7.32. The Kier molecular flexibility index (Phi) is 5.56. The molecule has 0 aliphatic rings. The molecule has 0 fully saturated rings. The maximum absolute atomic E-state index is 5.95. The van der Waals surface area contributed by atoms with E-state index in [0.717, 1.165) is 21.7 Å². The predicted molar refractivity (Wildman–Crippen MR) is 86.1 cm³/mol. The summed E-state index contributed by atoms with van der Waals surface area (Å²) >= 11 is 9.42. The van der Waals surface area contributed by atoms with E-state index in [9.17, 15) is 0 Å². The second-order valence-electron chi connectivity index (χ2n) is 4.07. The fourth-order valence-electron chi connectivity index (χ4n) is 1.66. The molecule has 0 amide bonds. The van der Waals surface area contributed by atoms with Gasteiger partial charge in [-0.25, -0.2) is 0 Å². The number of rotatable bonds is 6. The second kappa shape index (κ2) is 7.41. The SMILES string of the molecule is COc1ccc(OCCNc2cc(Cl)ccc2Br)cc1. The van der Waals surface area contributed by atoms with Crippen molar-refractivity contribution in [1.82, 2.24) is 0 Å². The average Bonchev–Trinajstić information content (AvgIpc) is 2.47. The van der Waals surface area contributed by atoms with Crippen molar-refractivity contribution in [2.24, 2.45) is 0 Å². The minimum absolute atomic E-state index is 0.561. The third-order valence-corrected chi connectivity index (χ3v) is 3.60. The zero-order chi connectivity index (χ0) is 14.4. The van der Waals surface area contributed by atoms with Crippen LogP contribution in [-0.4, -0.2) is 20.3 Å². The standard InChI is InChI=1S/C15H15BrClNO2/c1-19-12-3-5-13(6-4-12)20-9-8-18-15-10-11(17)2-7-14(15)16/h2-7,10,18H,8-9H2,1H3. The highest BCUT2D eigenvalue weighted by molar-refractivity contribution is 9.10. The Hall–Kier alpha value is -1.39. The van der Waals surface area contributed by atoms with Gasteiger partial charge in [-0.2, -0.15) is 0 Å². The largest absolute Gasteiger partial charge is 0.497 e. The Morgan fingerprint density at radius 2 is 1.80 bits per heavy atom. The molecule has 0 atom stereocenters. The van der Waals surface area contributed by atoms with Crippen molar-refractivity contribution in [3.63, 3.8) is 0 Å². The van der Waals surface area contributed by atoms with Gasteiger partial charge < -0.3 is 14.8 Å². The number of halogens is 2. The summed E-state index contributed by atoms with van der Waals surface area (Å²) in [5.41, 5.74) is 0.954. The van der Waals surface area contributed by atoms with E-state index in [2.05, 4.69) is 21.2 Å². The topological polar surface area (TPSA) is 30.5 Å².